The summed E-state index contributed by atoms with van der Waals surface area (Å²) in [5.74, 6) is 0.833. The SMILES string of the molecule is CC.CC(C)C.CCCCCC.CN1CCN(C(=O)NCC=O)CC1. The fraction of sp³-hybridized carbons (Fsp3) is 0.900. The highest BCUT2D eigenvalue weighted by molar-refractivity contribution is 5.76. The fourth-order valence-corrected chi connectivity index (χ4v) is 1.75. The minimum atomic E-state index is -0.139. The van der Waals surface area contributed by atoms with Gasteiger partial charge in [-0.25, -0.2) is 4.79 Å². The minimum absolute atomic E-state index is 0.102. The Morgan fingerprint density at radius 2 is 1.40 bits per heavy atom. The van der Waals surface area contributed by atoms with Crippen LogP contribution in [0.3, 0.4) is 0 Å². The average molecular weight is 360 g/mol. The standard InChI is InChI=1S/C8H15N3O2.C6H14.C4H10.C2H6/c1-10-3-5-11(6-4-10)8(13)9-2-7-12;1-3-5-6-4-2;1-4(2)3;1-2/h7H,2-6H2,1H3,(H,9,13);3-6H2,1-2H3;4H,1-3H3;1-2H3. The third-order valence-electron chi connectivity index (χ3n) is 3.08. The number of aldehydes is 1. The van der Waals surface area contributed by atoms with Gasteiger partial charge in [0.15, 0.2) is 0 Å². The van der Waals surface area contributed by atoms with Gasteiger partial charge in [0.2, 0.25) is 0 Å². The molecule has 0 aromatic rings. The van der Waals surface area contributed by atoms with E-state index in [1.54, 1.807) is 4.90 Å². The van der Waals surface area contributed by atoms with Gasteiger partial charge in [-0.05, 0) is 13.0 Å². The van der Waals surface area contributed by atoms with E-state index in [0.29, 0.717) is 6.29 Å². The van der Waals surface area contributed by atoms with Gasteiger partial charge in [-0.3, -0.25) is 0 Å². The first-order chi connectivity index (χ1) is 11.9. The van der Waals surface area contributed by atoms with Crippen LogP contribution in [0.4, 0.5) is 4.79 Å². The molecule has 25 heavy (non-hydrogen) atoms. The molecule has 5 heteroatoms. The monoisotopic (exact) mass is 359 g/mol. The van der Waals surface area contributed by atoms with Crippen molar-refractivity contribution >= 4 is 12.3 Å². The molecule has 2 amide bonds. The Balaban J connectivity index is -0.000000337. The maximum atomic E-state index is 11.3. The maximum absolute atomic E-state index is 11.3. The number of amides is 2. The Hall–Kier alpha value is -1.10. The second kappa shape index (κ2) is 22.9. The molecule has 1 aliphatic rings. The van der Waals surface area contributed by atoms with Crippen LogP contribution in [0.1, 0.15) is 74.1 Å². The van der Waals surface area contributed by atoms with Crippen LogP contribution in [0.15, 0.2) is 0 Å². The molecule has 1 aliphatic heterocycles. The second-order valence-corrected chi connectivity index (χ2v) is 6.58. The van der Waals surface area contributed by atoms with Gasteiger partial charge in [-0.1, -0.05) is 74.1 Å². The van der Waals surface area contributed by atoms with Crippen molar-refractivity contribution in [3.05, 3.63) is 0 Å². The molecule has 0 aliphatic carbocycles. The Morgan fingerprint density at radius 1 is 1.00 bits per heavy atom. The zero-order chi connectivity index (χ0) is 20.1. The topological polar surface area (TPSA) is 52.6 Å². The van der Waals surface area contributed by atoms with Crippen LogP contribution in [0, 0.1) is 5.92 Å². The number of likely N-dealkylation sites (N-methyl/N-ethyl adjacent to an activating group) is 1. The molecule has 152 valence electrons. The van der Waals surface area contributed by atoms with Crippen LogP contribution in [0.5, 0.6) is 0 Å². The molecule has 0 bridgehead atoms. The van der Waals surface area contributed by atoms with Crippen LogP contribution in [0.25, 0.3) is 0 Å². The van der Waals surface area contributed by atoms with E-state index >= 15 is 0 Å². The van der Waals surface area contributed by atoms with Crippen molar-refractivity contribution in [2.24, 2.45) is 5.92 Å². The normalized spacial score (nSPS) is 13.4. The number of carbonyl (C=O) groups is 2. The summed E-state index contributed by atoms with van der Waals surface area (Å²) in [5.41, 5.74) is 0. The van der Waals surface area contributed by atoms with E-state index in [-0.39, 0.29) is 12.6 Å². The van der Waals surface area contributed by atoms with Gasteiger partial charge >= 0.3 is 6.03 Å². The Morgan fingerprint density at radius 3 is 1.72 bits per heavy atom. The zero-order valence-corrected chi connectivity index (χ0v) is 18.2. The predicted octanol–water partition coefficient (Wildman–Crippen LogP) is 4.42. The molecule has 1 saturated heterocycles. The Bertz CT molecular complexity index is 269. The van der Waals surface area contributed by atoms with Crippen molar-refractivity contribution < 1.29 is 9.59 Å². The molecule has 0 saturated carbocycles. The Labute approximate surface area is 157 Å². The minimum Gasteiger partial charge on any atom is -0.331 e. The summed E-state index contributed by atoms with van der Waals surface area (Å²) in [4.78, 5) is 25.2. The smallest absolute Gasteiger partial charge is 0.317 e. The van der Waals surface area contributed by atoms with Crippen LogP contribution in [-0.2, 0) is 4.79 Å². The lowest BCUT2D eigenvalue weighted by molar-refractivity contribution is -0.107. The zero-order valence-electron chi connectivity index (χ0n) is 18.2. The van der Waals surface area contributed by atoms with Crippen molar-refractivity contribution in [1.82, 2.24) is 15.1 Å². The summed E-state index contributed by atoms with van der Waals surface area (Å²) in [6, 6.07) is -0.139. The summed E-state index contributed by atoms with van der Waals surface area (Å²) >= 11 is 0. The van der Waals surface area contributed by atoms with Gasteiger partial charge in [0.25, 0.3) is 0 Å². The fourth-order valence-electron chi connectivity index (χ4n) is 1.75. The third-order valence-corrected chi connectivity index (χ3v) is 3.08. The van der Waals surface area contributed by atoms with Crippen LogP contribution in [-0.4, -0.2) is 61.9 Å². The van der Waals surface area contributed by atoms with Gasteiger partial charge in [0, 0.05) is 26.2 Å². The van der Waals surface area contributed by atoms with Crippen LogP contribution < -0.4 is 5.32 Å². The van der Waals surface area contributed by atoms with Crippen LogP contribution >= 0.6 is 0 Å². The maximum Gasteiger partial charge on any atom is 0.317 e. The average Bonchev–Trinajstić information content (AvgIpc) is 2.60. The van der Waals surface area contributed by atoms with Gasteiger partial charge in [-0.2, -0.15) is 0 Å². The van der Waals surface area contributed by atoms with Crippen molar-refractivity contribution in [2.75, 3.05) is 39.8 Å². The molecule has 0 unspecified atom stereocenters. The van der Waals surface area contributed by atoms with Crippen LogP contribution in [0.2, 0.25) is 0 Å². The highest BCUT2D eigenvalue weighted by Crippen LogP contribution is 1.98. The van der Waals surface area contributed by atoms with Gasteiger partial charge < -0.3 is 19.9 Å². The number of unbranched alkanes of at least 4 members (excludes halogenated alkanes) is 3. The molecule has 1 heterocycles. The number of urea groups is 1. The molecule has 0 aromatic heterocycles. The molecule has 0 spiro atoms. The summed E-state index contributed by atoms with van der Waals surface area (Å²) in [5, 5.41) is 2.52. The van der Waals surface area contributed by atoms with Crippen molar-refractivity contribution in [3.63, 3.8) is 0 Å². The van der Waals surface area contributed by atoms with E-state index in [0.717, 1.165) is 32.1 Å². The van der Waals surface area contributed by atoms with E-state index < -0.39 is 0 Å². The van der Waals surface area contributed by atoms with E-state index in [1.165, 1.54) is 25.7 Å². The van der Waals surface area contributed by atoms with E-state index in [2.05, 4.69) is 44.8 Å². The molecule has 0 radical (unpaired) electrons. The third kappa shape index (κ3) is 25.3. The molecular weight excluding hydrogens is 314 g/mol. The van der Waals surface area contributed by atoms with E-state index in [4.69, 9.17) is 0 Å². The largest absolute Gasteiger partial charge is 0.331 e. The molecule has 5 nitrogen and oxygen atoms in total. The number of rotatable bonds is 5. The first-order valence-corrected chi connectivity index (χ1v) is 10.0. The van der Waals surface area contributed by atoms with Gasteiger partial charge in [0.05, 0.1) is 6.54 Å². The lowest BCUT2D eigenvalue weighted by atomic mass is 10.2. The highest BCUT2D eigenvalue weighted by atomic mass is 16.2. The predicted molar refractivity (Wildman–Crippen MR) is 110 cm³/mol. The number of piperazine rings is 1. The summed E-state index contributed by atoms with van der Waals surface area (Å²) < 4.78 is 0. The van der Waals surface area contributed by atoms with Crippen molar-refractivity contribution in [1.29, 1.82) is 0 Å². The molecule has 1 rings (SSSR count). The van der Waals surface area contributed by atoms with Gasteiger partial charge in [0.1, 0.15) is 6.29 Å². The number of hydrogen-bond donors (Lipinski definition) is 1. The molecule has 0 aromatic carbocycles. The van der Waals surface area contributed by atoms with E-state index in [1.807, 2.05) is 20.9 Å². The Kier molecular flexibility index (Phi) is 26.3. The summed E-state index contributed by atoms with van der Waals surface area (Å²) in [7, 11) is 2.03. The molecular formula is C20H45N3O2. The molecule has 1 fully saturated rings. The van der Waals surface area contributed by atoms with E-state index in [9.17, 15) is 9.59 Å². The van der Waals surface area contributed by atoms with Crippen molar-refractivity contribution in [2.45, 2.75) is 74.1 Å². The quantitative estimate of drug-likeness (QED) is 0.584. The number of nitrogens with zero attached hydrogens (tertiary/aromatic N) is 2. The summed E-state index contributed by atoms with van der Waals surface area (Å²) in [6.45, 7) is 18.3. The summed E-state index contributed by atoms with van der Waals surface area (Å²) in [6.07, 6.45) is 6.22. The van der Waals surface area contributed by atoms with Gasteiger partial charge in [-0.15, -0.1) is 0 Å². The first kappa shape index (κ1) is 28.7. The number of nitrogens with one attached hydrogen (secondary N) is 1. The highest BCUT2D eigenvalue weighted by Gasteiger charge is 2.17. The lowest BCUT2D eigenvalue weighted by Gasteiger charge is -2.32. The number of hydrogen-bond acceptors (Lipinski definition) is 3. The second-order valence-electron chi connectivity index (χ2n) is 6.58. The number of carbonyl (C=O) groups excluding carboxylic acids is 2. The molecule has 1 N–H and O–H groups in total. The first-order valence-electron chi connectivity index (χ1n) is 10.0. The lowest BCUT2D eigenvalue weighted by Crippen LogP contribution is -2.50. The van der Waals surface area contributed by atoms with Crippen molar-refractivity contribution in [3.8, 4) is 0 Å². The molecule has 0 atom stereocenters.